The number of anilines is 2. The Bertz CT molecular complexity index is 2520. The highest BCUT2D eigenvalue weighted by Crippen LogP contribution is 2.48. The van der Waals surface area contributed by atoms with Crippen LogP contribution in [0.25, 0.3) is 33.3 Å². The third-order valence-electron chi connectivity index (χ3n) is 16.1. The van der Waals surface area contributed by atoms with Crippen LogP contribution in [0.1, 0.15) is 75.6 Å². The maximum atomic E-state index is 15.4. The third-order valence-corrected chi connectivity index (χ3v) is 16.1. The molecule has 1 aliphatic carbocycles. The largest absolute Gasteiger partial charge is 0.371 e. The molecule has 4 aliphatic heterocycles. The van der Waals surface area contributed by atoms with Crippen molar-refractivity contribution in [1.29, 1.82) is 0 Å². The second-order valence-electron chi connectivity index (χ2n) is 20.9. The van der Waals surface area contributed by atoms with Crippen LogP contribution in [0.4, 0.5) is 20.2 Å². The molecule has 5 aromatic rings. The number of piperazine rings is 2. The number of hydrogen-bond acceptors (Lipinski definition) is 8. The zero-order chi connectivity index (χ0) is 46.7. The topological polar surface area (TPSA) is 59.3 Å². The van der Waals surface area contributed by atoms with Gasteiger partial charge < -0.3 is 25.4 Å². The van der Waals surface area contributed by atoms with Crippen LogP contribution in [0.3, 0.4) is 0 Å². The van der Waals surface area contributed by atoms with Gasteiger partial charge in [0.15, 0.2) is 0 Å². The van der Waals surface area contributed by atoms with E-state index in [9.17, 15) is 0 Å². The number of nitrogens with zero attached hydrogens (tertiary/aromatic N) is 6. The van der Waals surface area contributed by atoms with E-state index < -0.39 is 0 Å². The molecule has 1 aromatic heterocycles. The summed E-state index contributed by atoms with van der Waals surface area (Å²) in [6.45, 7) is 26.8. The fraction of sp³-hybridized carbons (Fsp3) is 0.509. The Morgan fingerprint density at radius 1 is 0.574 bits per heavy atom. The van der Waals surface area contributed by atoms with Crippen molar-refractivity contribution in [2.24, 2.45) is 0 Å². The molecule has 4 fully saturated rings. The fourth-order valence-electron chi connectivity index (χ4n) is 11.8. The monoisotopic (exact) mass is 924 g/mol. The number of aromatic amines is 1. The molecule has 5 heterocycles. The van der Waals surface area contributed by atoms with Crippen LogP contribution in [0.5, 0.6) is 0 Å². The average Bonchev–Trinajstić information content (AvgIpc) is 3.92. The number of benzene rings is 4. The molecule has 0 bridgehead atoms. The van der Waals surface area contributed by atoms with Gasteiger partial charge in [0.05, 0.1) is 5.69 Å². The van der Waals surface area contributed by atoms with E-state index in [2.05, 4.69) is 121 Å². The molecule has 9 nitrogen and oxygen atoms in total. The van der Waals surface area contributed by atoms with Crippen LogP contribution < -0.4 is 20.4 Å². The van der Waals surface area contributed by atoms with Crippen molar-refractivity contribution in [3.05, 3.63) is 119 Å². The highest BCUT2D eigenvalue weighted by atomic mass is 19.1. The summed E-state index contributed by atoms with van der Waals surface area (Å²) in [5.41, 5.74) is 11.4. The van der Waals surface area contributed by atoms with Crippen LogP contribution in [0.15, 0.2) is 84.9 Å². The fourth-order valence-corrected chi connectivity index (χ4v) is 11.8. The molecule has 10 rings (SSSR count). The molecular formula is C57H75F2N9. The van der Waals surface area contributed by atoms with Gasteiger partial charge in [-0.25, -0.2) is 8.78 Å². The summed E-state index contributed by atoms with van der Waals surface area (Å²) in [5, 5.41) is 8.59. The van der Waals surface area contributed by atoms with Gasteiger partial charge in [0.2, 0.25) is 0 Å². The first-order valence-electron chi connectivity index (χ1n) is 26.1. The Kier molecular flexibility index (Phi) is 14.7. The highest BCUT2D eigenvalue weighted by Gasteiger charge is 2.31. The number of fused-ring (bicyclic) bond motifs is 2. The number of H-pyrrole nitrogens is 1. The zero-order valence-electron chi connectivity index (χ0n) is 41.2. The smallest absolute Gasteiger partial charge is 0.123 e. The molecule has 0 unspecified atom stereocenters. The quantitative estimate of drug-likeness (QED) is 0.0965. The molecule has 4 saturated heterocycles. The number of rotatable bonds is 15. The maximum absolute atomic E-state index is 15.4. The van der Waals surface area contributed by atoms with E-state index in [1.165, 1.54) is 43.6 Å². The van der Waals surface area contributed by atoms with Crippen molar-refractivity contribution in [1.82, 2.24) is 35.2 Å². The van der Waals surface area contributed by atoms with Crippen molar-refractivity contribution >= 4 is 33.4 Å². The lowest BCUT2D eigenvalue weighted by atomic mass is 9.90. The average molecular weight is 924 g/mol. The van der Waals surface area contributed by atoms with Crippen LogP contribution >= 0.6 is 0 Å². The molecule has 0 radical (unpaired) electrons. The van der Waals surface area contributed by atoms with E-state index in [1.807, 2.05) is 12.1 Å². The first kappa shape index (κ1) is 47.1. The molecule has 0 saturated carbocycles. The third kappa shape index (κ3) is 10.6. The minimum Gasteiger partial charge on any atom is -0.371 e. The SMILES string of the molecule is CC(C)N1CCN(CCNC2CCN(c3cccc(C4=C(c5c(-c6cccc(N7CCC(NCCN8CCN(C(C)C)CC8)CC7)c6)[nH]c6ccc(F)cc56)c5cc(F)ccc5C4)c3)CC2)CC1. The minimum atomic E-state index is -0.285. The van der Waals surface area contributed by atoms with Crippen molar-refractivity contribution in [2.45, 2.75) is 84.0 Å². The van der Waals surface area contributed by atoms with Crippen LogP contribution in [-0.4, -0.2) is 153 Å². The first-order chi connectivity index (χ1) is 33.1. The Morgan fingerprint density at radius 3 is 1.65 bits per heavy atom. The Balaban J connectivity index is 0.861. The van der Waals surface area contributed by atoms with Crippen LogP contribution in [0, 0.1) is 11.6 Å². The Hall–Kier alpha value is -4.62. The van der Waals surface area contributed by atoms with Gasteiger partial charge in [-0.3, -0.25) is 19.6 Å². The molecule has 3 N–H and O–H groups in total. The number of nitrogens with one attached hydrogen (secondary N) is 3. The lowest BCUT2D eigenvalue weighted by molar-refractivity contribution is 0.108. The number of allylic oxidation sites excluding steroid dienone is 1. The lowest BCUT2D eigenvalue weighted by Crippen LogP contribution is -2.51. The maximum Gasteiger partial charge on any atom is 0.123 e. The standard InChI is InChI=1S/C57H75F2N9/c1-40(2)65-31-27-63(28-32-65)25-19-60-47-15-21-67(22-16-47)49-9-5-7-42(35-49)51-37-43-11-12-45(58)38-52(43)55(51)56-53-39-46(59)13-14-54(53)62-57(56)44-8-6-10-50(36-44)68-23-17-48(18-24-68)61-20-26-64-29-33-66(34-30-64)41(3)4/h5-14,35-36,38-41,47-48,60-62H,15-34,37H2,1-4H3. The number of halogens is 2. The van der Waals surface area contributed by atoms with Crippen molar-refractivity contribution in [2.75, 3.05) is 115 Å². The molecule has 11 heteroatoms. The summed E-state index contributed by atoms with van der Waals surface area (Å²) in [5.74, 6) is -0.550. The van der Waals surface area contributed by atoms with E-state index >= 15 is 8.78 Å². The second kappa shape index (κ2) is 21.2. The first-order valence-corrected chi connectivity index (χ1v) is 26.1. The lowest BCUT2D eigenvalue weighted by Gasteiger charge is -2.38. The molecule has 0 spiro atoms. The van der Waals surface area contributed by atoms with E-state index in [-0.39, 0.29) is 11.6 Å². The van der Waals surface area contributed by atoms with E-state index in [4.69, 9.17) is 0 Å². The molecule has 4 aromatic carbocycles. The van der Waals surface area contributed by atoms with Crippen molar-refractivity contribution < 1.29 is 8.78 Å². The van der Waals surface area contributed by atoms with Gasteiger partial charge in [0.25, 0.3) is 0 Å². The molecule has 5 aliphatic rings. The van der Waals surface area contributed by atoms with Crippen molar-refractivity contribution in [3.8, 4) is 11.3 Å². The Labute approximate surface area is 404 Å². The Morgan fingerprint density at radius 2 is 1.09 bits per heavy atom. The van der Waals surface area contributed by atoms with E-state index in [0.717, 1.165) is 160 Å². The van der Waals surface area contributed by atoms with E-state index in [1.54, 1.807) is 18.2 Å². The molecule has 68 heavy (non-hydrogen) atoms. The van der Waals surface area contributed by atoms with Gasteiger partial charge in [-0.15, -0.1) is 0 Å². The summed E-state index contributed by atoms with van der Waals surface area (Å²) < 4.78 is 30.8. The highest BCUT2D eigenvalue weighted by molar-refractivity contribution is 6.13. The number of hydrogen-bond donors (Lipinski definition) is 3. The van der Waals surface area contributed by atoms with Gasteiger partial charge >= 0.3 is 0 Å². The molecule has 0 amide bonds. The normalized spacial score (nSPS) is 19.9. The second-order valence-corrected chi connectivity index (χ2v) is 20.9. The predicted octanol–water partition coefficient (Wildman–Crippen LogP) is 8.80. The molecular weight excluding hydrogens is 849 g/mol. The molecule has 0 atom stereocenters. The zero-order valence-corrected chi connectivity index (χ0v) is 41.2. The minimum absolute atomic E-state index is 0.265. The van der Waals surface area contributed by atoms with Gasteiger partial charge in [0.1, 0.15) is 11.6 Å². The molecule has 362 valence electrons. The van der Waals surface area contributed by atoms with Gasteiger partial charge in [0, 0.05) is 162 Å². The summed E-state index contributed by atoms with van der Waals surface area (Å²) >= 11 is 0. The van der Waals surface area contributed by atoms with Gasteiger partial charge in [-0.2, -0.15) is 0 Å². The summed E-state index contributed by atoms with van der Waals surface area (Å²) in [6.07, 6.45) is 5.10. The van der Waals surface area contributed by atoms with E-state index in [0.29, 0.717) is 30.6 Å². The summed E-state index contributed by atoms with van der Waals surface area (Å²) in [6, 6.07) is 30.3. The number of piperidine rings is 2. The van der Waals surface area contributed by atoms with Crippen molar-refractivity contribution in [3.63, 3.8) is 0 Å². The van der Waals surface area contributed by atoms with Gasteiger partial charge in [-0.05, 0) is 142 Å². The van der Waals surface area contributed by atoms with Gasteiger partial charge in [-0.1, -0.05) is 30.3 Å². The summed E-state index contributed by atoms with van der Waals surface area (Å²) in [4.78, 5) is 19.2. The van der Waals surface area contributed by atoms with Crippen LogP contribution in [0.2, 0.25) is 0 Å². The number of aromatic nitrogens is 1. The predicted molar refractivity (Wildman–Crippen MR) is 279 cm³/mol. The summed E-state index contributed by atoms with van der Waals surface area (Å²) in [7, 11) is 0. The van der Waals surface area contributed by atoms with Crippen LogP contribution in [-0.2, 0) is 6.42 Å².